The van der Waals surface area contributed by atoms with Crippen molar-refractivity contribution in [2.75, 3.05) is 32.6 Å². The molecule has 0 radical (unpaired) electrons. The molecule has 0 aliphatic rings. The van der Waals surface area contributed by atoms with Gasteiger partial charge >= 0.3 is 5.97 Å². The Hall–Kier alpha value is -1.63. The van der Waals surface area contributed by atoms with Crippen molar-refractivity contribution in [2.24, 2.45) is 0 Å². The second-order valence-electron chi connectivity index (χ2n) is 4.11. The fraction of sp³-hybridized carbons (Fsp3) is 0.583. The van der Waals surface area contributed by atoms with Crippen molar-refractivity contribution in [1.29, 1.82) is 0 Å². The molecule has 0 aliphatic carbocycles. The van der Waals surface area contributed by atoms with Crippen LogP contribution in [0.5, 0.6) is 0 Å². The van der Waals surface area contributed by atoms with Gasteiger partial charge < -0.3 is 15.0 Å². The highest BCUT2D eigenvalue weighted by Crippen LogP contribution is 2.22. The number of hydrogen-bond donors (Lipinski definition) is 1. The number of amides is 1. The molecule has 0 unspecified atom stereocenters. The third-order valence-corrected chi connectivity index (χ3v) is 3.31. The van der Waals surface area contributed by atoms with Crippen LogP contribution in [0.15, 0.2) is 0 Å². The second kappa shape index (κ2) is 7.08. The highest BCUT2D eigenvalue weighted by Gasteiger charge is 2.16. The van der Waals surface area contributed by atoms with E-state index in [9.17, 15) is 9.59 Å². The zero-order valence-corrected chi connectivity index (χ0v) is 12.5. The summed E-state index contributed by atoms with van der Waals surface area (Å²) in [6.07, 6.45) is 0.389. The van der Waals surface area contributed by atoms with E-state index in [4.69, 9.17) is 4.74 Å². The van der Waals surface area contributed by atoms with E-state index in [0.717, 1.165) is 4.88 Å². The average Bonchev–Trinajstić information content (AvgIpc) is 2.70. The van der Waals surface area contributed by atoms with Gasteiger partial charge in [0.15, 0.2) is 10.8 Å². The number of hydrogen-bond acceptors (Lipinski definition) is 6. The third kappa shape index (κ3) is 4.51. The van der Waals surface area contributed by atoms with E-state index in [0.29, 0.717) is 30.4 Å². The molecule has 0 spiro atoms. The summed E-state index contributed by atoms with van der Waals surface area (Å²) >= 11 is 1.38. The van der Waals surface area contributed by atoms with E-state index < -0.39 is 5.97 Å². The summed E-state index contributed by atoms with van der Waals surface area (Å²) < 4.78 is 4.91. The maximum Gasteiger partial charge on any atom is 0.358 e. The highest BCUT2D eigenvalue weighted by atomic mass is 32.1. The summed E-state index contributed by atoms with van der Waals surface area (Å²) in [7, 11) is 3.43. The Balaban J connectivity index is 2.54. The van der Waals surface area contributed by atoms with E-state index in [2.05, 4.69) is 10.3 Å². The highest BCUT2D eigenvalue weighted by molar-refractivity contribution is 7.15. The van der Waals surface area contributed by atoms with Crippen LogP contribution in [0.2, 0.25) is 0 Å². The van der Waals surface area contributed by atoms with Crippen LogP contribution in [0.4, 0.5) is 5.13 Å². The Morgan fingerprint density at radius 2 is 2.11 bits per heavy atom. The van der Waals surface area contributed by atoms with Crippen LogP contribution in [0, 0.1) is 6.92 Å². The zero-order chi connectivity index (χ0) is 14.4. The summed E-state index contributed by atoms with van der Waals surface area (Å²) in [6.45, 7) is 4.40. The van der Waals surface area contributed by atoms with Gasteiger partial charge in [-0.2, -0.15) is 0 Å². The standard InChI is InChI=1S/C12H19N3O3S/c1-5-18-11(17)10-8(2)19-12(14-10)13-7-6-9(16)15(3)4/h5-7H2,1-4H3,(H,13,14). The molecule has 1 rings (SSSR count). The molecule has 0 saturated carbocycles. The van der Waals surface area contributed by atoms with E-state index in [1.165, 1.54) is 11.3 Å². The molecule has 1 heterocycles. The minimum Gasteiger partial charge on any atom is -0.461 e. The molecule has 0 bridgehead atoms. The average molecular weight is 285 g/mol. The van der Waals surface area contributed by atoms with Crippen molar-refractivity contribution in [1.82, 2.24) is 9.88 Å². The fourth-order valence-corrected chi connectivity index (χ4v) is 2.19. The first kappa shape index (κ1) is 15.4. The van der Waals surface area contributed by atoms with Crippen LogP contribution in [0.25, 0.3) is 0 Å². The smallest absolute Gasteiger partial charge is 0.358 e. The minimum atomic E-state index is -0.409. The van der Waals surface area contributed by atoms with Crippen LogP contribution in [0.3, 0.4) is 0 Å². The number of carbonyl (C=O) groups excluding carboxylic acids is 2. The Morgan fingerprint density at radius 3 is 2.68 bits per heavy atom. The summed E-state index contributed by atoms with van der Waals surface area (Å²) in [5.74, 6) is -0.361. The van der Waals surface area contributed by atoms with Gasteiger partial charge in [0.05, 0.1) is 6.61 Å². The van der Waals surface area contributed by atoms with Crippen LogP contribution < -0.4 is 5.32 Å². The van der Waals surface area contributed by atoms with E-state index >= 15 is 0 Å². The number of esters is 1. The van der Waals surface area contributed by atoms with Gasteiger partial charge in [-0.15, -0.1) is 11.3 Å². The van der Waals surface area contributed by atoms with Crippen LogP contribution >= 0.6 is 11.3 Å². The molecule has 0 saturated heterocycles. The number of carbonyl (C=O) groups is 2. The second-order valence-corrected chi connectivity index (χ2v) is 5.31. The van der Waals surface area contributed by atoms with Gasteiger partial charge in [0, 0.05) is 31.9 Å². The lowest BCUT2D eigenvalue weighted by Crippen LogP contribution is -2.23. The number of aromatic nitrogens is 1. The maximum atomic E-state index is 11.6. The Bertz CT molecular complexity index is 457. The monoisotopic (exact) mass is 285 g/mol. The Labute approximate surface area is 116 Å². The molecule has 7 heteroatoms. The number of nitrogens with one attached hydrogen (secondary N) is 1. The molecule has 1 N–H and O–H groups in total. The number of aryl methyl sites for hydroxylation is 1. The number of thiazole rings is 1. The topological polar surface area (TPSA) is 71.5 Å². The van der Waals surface area contributed by atoms with E-state index in [1.54, 1.807) is 25.9 Å². The van der Waals surface area contributed by atoms with Crippen molar-refractivity contribution in [3.63, 3.8) is 0 Å². The summed E-state index contributed by atoms with van der Waals surface area (Å²) in [5.41, 5.74) is 0.341. The quantitative estimate of drug-likeness (QED) is 0.802. The summed E-state index contributed by atoms with van der Waals surface area (Å²) in [6, 6.07) is 0. The first-order chi connectivity index (χ1) is 8.95. The van der Waals surface area contributed by atoms with E-state index in [-0.39, 0.29) is 5.91 Å². The predicted molar refractivity (Wildman–Crippen MR) is 74.6 cm³/mol. The first-order valence-electron chi connectivity index (χ1n) is 6.04. The number of ether oxygens (including phenoxy) is 1. The summed E-state index contributed by atoms with van der Waals surface area (Å²) in [4.78, 5) is 29.5. The Kier molecular flexibility index (Phi) is 5.75. The maximum absolute atomic E-state index is 11.6. The van der Waals surface area contributed by atoms with Crippen molar-refractivity contribution in [3.05, 3.63) is 10.6 Å². The van der Waals surface area contributed by atoms with Gasteiger partial charge in [0.25, 0.3) is 0 Å². The molecule has 1 amide bonds. The number of anilines is 1. The van der Waals surface area contributed by atoms with Gasteiger partial charge in [0.1, 0.15) is 0 Å². The lowest BCUT2D eigenvalue weighted by molar-refractivity contribution is -0.128. The molecular weight excluding hydrogens is 266 g/mol. The molecule has 1 aromatic heterocycles. The normalized spacial score (nSPS) is 10.1. The van der Waals surface area contributed by atoms with Gasteiger partial charge in [-0.05, 0) is 13.8 Å². The first-order valence-corrected chi connectivity index (χ1v) is 6.86. The zero-order valence-electron chi connectivity index (χ0n) is 11.6. The Morgan fingerprint density at radius 1 is 1.42 bits per heavy atom. The van der Waals surface area contributed by atoms with Gasteiger partial charge in [-0.1, -0.05) is 0 Å². The molecule has 1 aromatic rings. The molecule has 0 aromatic carbocycles. The van der Waals surface area contributed by atoms with Gasteiger partial charge in [-0.3, -0.25) is 4.79 Å². The van der Waals surface area contributed by atoms with Gasteiger partial charge in [0.2, 0.25) is 5.91 Å². The SMILES string of the molecule is CCOC(=O)c1nc(NCCC(=O)N(C)C)sc1C. The molecule has 0 aliphatic heterocycles. The summed E-state index contributed by atoms with van der Waals surface area (Å²) in [5, 5.41) is 3.67. The van der Waals surface area contributed by atoms with E-state index in [1.807, 2.05) is 6.92 Å². The largest absolute Gasteiger partial charge is 0.461 e. The number of rotatable bonds is 6. The van der Waals surface area contributed by atoms with Crippen LogP contribution in [0.1, 0.15) is 28.7 Å². The molecule has 0 atom stereocenters. The van der Waals surface area contributed by atoms with Crippen molar-refractivity contribution >= 4 is 28.3 Å². The van der Waals surface area contributed by atoms with Crippen molar-refractivity contribution in [3.8, 4) is 0 Å². The molecular formula is C12H19N3O3S. The molecule has 0 fully saturated rings. The lowest BCUT2D eigenvalue weighted by Gasteiger charge is -2.09. The fourth-order valence-electron chi connectivity index (χ4n) is 1.36. The molecule has 6 nitrogen and oxygen atoms in total. The van der Waals surface area contributed by atoms with Crippen LogP contribution in [-0.2, 0) is 9.53 Å². The number of nitrogens with zero attached hydrogens (tertiary/aromatic N) is 2. The molecule has 19 heavy (non-hydrogen) atoms. The molecule has 106 valence electrons. The third-order valence-electron chi connectivity index (χ3n) is 2.38. The lowest BCUT2D eigenvalue weighted by atomic mass is 10.4. The minimum absolute atomic E-state index is 0.0476. The van der Waals surface area contributed by atoms with Crippen LogP contribution in [-0.4, -0.2) is 49.0 Å². The van der Waals surface area contributed by atoms with Gasteiger partial charge in [-0.25, -0.2) is 9.78 Å². The van der Waals surface area contributed by atoms with Crippen molar-refractivity contribution < 1.29 is 14.3 Å². The predicted octanol–water partition coefficient (Wildman–Crippen LogP) is 1.52. The van der Waals surface area contributed by atoms with Crippen molar-refractivity contribution in [2.45, 2.75) is 20.3 Å².